The minimum Gasteiger partial charge on any atom is -0.465 e. The minimum absolute atomic E-state index is 0.149. The number of hydrogen-bond donors (Lipinski definition) is 1. The Labute approximate surface area is 159 Å². The number of aryl methyl sites for hydroxylation is 2. The van der Waals surface area contributed by atoms with Crippen molar-refractivity contribution in [2.45, 2.75) is 19.8 Å². The van der Waals surface area contributed by atoms with Gasteiger partial charge >= 0.3 is 5.97 Å². The van der Waals surface area contributed by atoms with Gasteiger partial charge in [-0.25, -0.2) is 9.78 Å². The first-order chi connectivity index (χ1) is 12.6. The Bertz CT molecular complexity index is 917. The molecule has 0 saturated carbocycles. The lowest BCUT2D eigenvalue weighted by atomic mass is 10.1. The van der Waals surface area contributed by atoms with Gasteiger partial charge in [0.25, 0.3) is 0 Å². The van der Waals surface area contributed by atoms with Crippen molar-refractivity contribution in [1.29, 1.82) is 0 Å². The summed E-state index contributed by atoms with van der Waals surface area (Å²) in [6.45, 7) is 1.97. The van der Waals surface area contributed by atoms with Crippen molar-refractivity contribution >= 4 is 40.2 Å². The zero-order valence-electron chi connectivity index (χ0n) is 14.4. The molecule has 134 valence electrons. The topological polar surface area (TPSA) is 68.3 Å². The monoisotopic (exact) mass is 386 g/mol. The molecule has 0 radical (unpaired) electrons. The van der Waals surface area contributed by atoms with Crippen LogP contribution in [0.5, 0.6) is 0 Å². The number of thiophene rings is 1. The molecule has 1 amide bonds. The number of benzene rings is 1. The summed E-state index contributed by atoms with van der Waals surface area (Å²) in [6, 6.07) is 10.9. The standard InChI is InChI=1S/C19H18N2O3S2/c1-12-20-18(15-8-5-11-25-15)16(26-12)9-10-17(22)21-14-7-4-3-6-13(14)19(23)24-2/h3-8,11H,9-10H2,1-2H3,(H,21,22). The van der Waals surface area contributed by atoms with Gasteiger partial charge in [-0.05, 0) is 36.9 Å². The molecule has 5 nitrogen and oxygen atoms in total. The van der Waals surface area contributed by atoms with E-state index in [9.17, 15) is 9.59 Å². The highest BCUT2D eigenvalue weighted by atomic mass is 32.1. The van der Waals surface area contributed by atoms with E-state index in [1.165, 1.54) is 7.11 Å². The molecule has 7 heteroatoms. The molecule has 3 rings (SSSR count). The number of carbonyl (C=O) groups is 2. The molecule has 0 bridgehead atoms. The molecular formula is C19H18N2O3S2. The van der Waals surface area contributed by atoms with Crippen LogP contribution in [0.1, 0.15) is 26.7 Å². The molecule has 1 N–H and O–H groups in total. The fourth-order valence-electron chi connectivity index (χ4n) is 2.56. The van der Waals surface area contributed by atoms with Crippen LogP contribution in [0.4, 0.5) is 5.69 Å². The van der Waals surface area contributed by atoms with E-state index >= 15 is 0 Å². The number of nitrogens with one attached hydrogen (secondary N) is 1. The molecule has 0 unspecified atom stereocenters. The SMILES string of the molecule is COC(=O)c1ccccc1NC(=O)CCc1sc(C)nc1-c1cccs1. The van der Waals surface area contributed by atoms with Crippen molar-refractivity contribution in [3.8, 4) is 10.6 Å². The normalized spacial score (nSPS) is 10.5. The van der Waals surface area contributed by atoms with Crippen LogP contribution in [-0.2, 0) is 16.0 Å². The number of amides is 1. The number of carbonyl (C=O) groups excluding carboxylic acids is 2. The number of esters is 1. The molecule has 0 spiro atoms. The van der Waals surface area contributed by atoms with Crippen LogP contribution in [-0.4, -0.2) is 24.0 Å². The maximum atomic E-state index is 12.4. The van der Waals surface area contributed by atoms with Crippen LogP contribution in [0.25, 0.3) is 10.6 Å². The molecule has 0 aliphatic carbocycles. The highest BCUT2D eigenvalue weighted by molar-refractivity contribution is 7.15. The summed E-state index contributed by atoms with van der Waals surface area (Å²) in [4.78, 5) is 31.0. The molecule has 0 aliphatic heterocycles. The molecule has 0 aliphatic rings. The Morgan fingerprint density at radius 3 is 2.73 bits per heavy atom. The van der Waals surface area contributed by atoms with Gasteiger partial charge in [-0.15, -0.1) is 22.7 Å². The molecule has 1 aromatic carbocycles. The zero-order chi connectivity index (χ0) is 18.5. The van der Waals surface area contributed by atoms with Crippen LogP contribution in [0.2, 0.25) is 0 Å². The van der Waals surface area contributed by atoms with Gasteiger partial charge in [0, 0.05) is 11.3 Å². The van der Waals surface area contributed by atoms with Crippen LogP contribution in [0.15, 0.2) is 41.8 Å². The number of anilines is 1. The molecular weight excluding hydrogens is 368 g/mol. The molecule has 26 heavy (non-hydrogen) atoms. The number of thiazole rings is 1. The van der Waals surface area contributed by atoms with Crippen molar-refractivity contribution in [2.75, 3.05) is 12.4 Å². The zero-order valence-corrected chi connectivity index (χ0v) is 16.1. The first-order valence-electron chi connectivity index (χ1n) is 8.06. The smallest absolute Gasteiger partial charge is 0.339 e. The summed E-state index contributed by atoms with van der Waals surface area (Å²) in [5, 5.41) is 5.81. The number of ether oxygens (including phenoxy) is 1. The lowest BCUT2D eigenvalue weighted by Crippen LogP contribution is -2.15. The molecule has 2 aromatic heterocycles. The Hall–Kier alpha value is -2.51. The average molecular weight is 386 g/mol. The molecule has 0 fully saturated rings. The fraction of sp³-hybridized carbons (Fsp3) is 0.211. The third-order valence-corrected chi connectivity index (χ3v) is 5.65. The Morgan fingerprint density at radius 1 is 1.19 bits per heavy atom. The Balaban J connectivity index is 1.69. The molecule has 3 aromatic rings. The predicted molar refractivity (Wildman–Crippen MR) is 105 cm³/mol. The average Bonchev–Trinajstić information content (AvgIpc) is 3.29. The van der Waals surface area contributed by atoms with Crippen LogP contribution in [0, 0.1) is 6.92 Å². The predicted octanol–water partition coefficient (Wildman–Crippen LogP) is 4.54. The van der Waals surface area contributed by atoms with E-state index < -0.39 is 5.97 Å². The van der Waals surface area contributed by atoms with Gasteiger partial charge in [-0.2, -0.15) is 0 Å². The number of hydrogen-bond acceptors (Lipinski definition) is 6. The van der Waals surface area contributed by atoms with E-state index in [0.717, 1.165) is 20.5 Å². The number of rotatable bonds is 6. The van der Waals surface area contributed by atoms with Gasteiger partial charge in [0.05, 0.1) is 33.9 Å². The van der Waals surface area contributed by atoms with E-state index in [4.69, 9.17) is 4.74 Å². The highest BCUT2D eigenvalue weighted by Gasteiger charge is 2.16. The lowest BCUT2D eigenvalue weighted by Gasteiger charge is -2.09. The van der Waals surface area contributed by atoms with Gasteiger partial charge in [0.1, 0.15) is 0 Å². The summed E-state index contributed by atoms with van der Waals surface area (Å²) >= 11 is 3.25. The maximum Gasteiger partial charge on any atom is 0.339 e. The highest BCUT2D eigenvalue weighted by Crippen LogP contribution is 2.32. The molecule has 2 heterocycles. The van der Waals surface area contributed by atoms with Crippen LogP contribution in [0.3, 0.4) is 0 Å². The van der Waals surface area contributed by atoms with Crippen molar-refractivity contribution in [2.24, 2.45) is 0 Å². The molecule has 0 saturated heterocycles. The number of para-hydroxylation sites is 1. The second-order valence-corrected chi connectivity index (χ2v) is 7.80. The summed E-state index contributed by atoms with van der Waals surface area (Å²) < 4.78 is 4.75. The van der Waals surface area contributed by atoms with Gasteiger partial charge in [0.15, 0.2) is 0 Å². The summed E-state index contributed by atoms with van der Waals surface area (Å²) in [5.74, 6) is -0.622. The van der Waals surface area contributed by atoms with E-state index in [1.807, 2.05) is 24.4 Å². The summed E-state index contributed by atoms with van der Waals surface area (Å²) in [6.07, 6.45) is 0.917. The Morgan fingerprint density at radius 2 is 2.00 bits per heavy atom. The lowest BCUT2D eigenvalue weighted by molar-refractivity contribution is -0.116. The van der Waals surface area contributed by atoms with Crippen molar-refractivity contribution in [3.05, 3.63) is 57.2 Å². The second-order valence-electron chi connectivity index (χ2n) is 5.57. The van der Waals surface area contributed by atoms with E-state index in [-0.39, 0.29) is 5.91 Å². The second kappa shape index (κ2) is 8.25. The molecule has 0 atom stereocenters. The van der Waals surface area contributed by atoms with Crippen molar-refractivity contribution < 1.29 is 14.3 Å². The summed E-state index contributed by atoms with van der Waals surface area (Å²) in [5.41, 5.74) is 1.77. The summed E-state index contributed by atoms with van der Waals surface area (Å²) in [7, 11) is 1.32. The number of methoxy groups -OCH3 is 1. The van der Waals surface area contributed by atoms with Gasteiger partial charge in [-0.1, -0.05) is 18.2 Å². The van der Waals surface area contributed by atoms with Gasteiger partial charge in [0.2, 0.25) is 5.91 Å². The quantitative estimate of drug-likeness (QED) is 0.632. The first-order valence-corrected chi connectivity index (χ1v) is 9.75. The first kappa shape index (κ1) is 18.3. The van der Waals surface area contributed by atoms with E-state index in [1.54, 1.807) is 46.9 Å². The maximum absolute atomic E-state index is 12.4. The Kier molecular flexibility index (Phi) is 5.80. The fourth-order valence-corrected chi connectivity index (χ4v) is 4.32. The third kappa shape index (κ3) is 4.17. The van der Waals surface area contributed by atoms with E-state index in [2.05, 4.69) is 10.3 Å². The van der Waals surface area contributed by atoms with Crippen molar-refractivity contribution in [3.63, 3.8) is 0 Å². The third-order valence-electron chi connectivity index (χ3n) is 3.74. The van der Waals surface area contributed by atoms with Gasteiger partial charge in [-0.3, -0.25) is 4.79 Å². The van der Waals surface area contributed by atoms with Crippen LogP contribution < -0.4 is 5.32 Å². The van der Waals surface area contributed by atoms with Crippen molar-refractivity contribution in [1.82, 2.24) is 4.98 Å². The van der Waals surface area contributed by atoms with E-state index in [0.29, 0.717) is 24.1 Å². The largest absolute Gasteiger partial charge is 0.465 e. The number of nitrogens with zero attached hydrogens (tertiary/aromatic N) is 1. The minimum atomic E-state index is -0.473. The van der Waals surface area contributed by atoms with Crippen LogP contribution >= 0.6 is 22.7 Å². The number of aromatic nitrogens is 1. The van der Waals surface area contributed by atoms with Gasteiger partial charge < -0.3 is 10.1 Å².